The Morgan fingerprint density at radius 3 is 1.93 bits per heavy atom. The van der Waals surface area contributed by atoms with Crippen molar-refractivity contribution in [3.63, 3.8) is 0 Å². The fourth-order valence-electron chi connectivity index (χ4n) is 1.13. The van der Waals surface area contributed by atoms with Gasteiger partial charge in [0.1, 0.15) is 5.75 Å². The van der Waals surface area contributed by atoms with Crippen molar-refractivity contribution in [2.45, 2.75) is 46.5 Å². The van der Waals surface area contributed by atoms with E-state index in [2.05, 4.69) is 13.8 Å². The normalized spacial score (nSPS) is 9.07. The van der Waals surface area contributed by atoms with Crippen LogP contribution in [0.4, 0.5) is 0 Å². The van der Waals surface area contributed by atoms with E-state index in [0.717, 1.165) is 5.56 Å². The first-order valence-electron chi connectivity index (χ1n) is 5.46. The lowest BCUT2D eigenvalue weighted by molar-refractivity contribution is 0.475. The van der Waals surface area contributed by atoms with Gasteiger partial charge in [-0.15, -0.1) is 0 Å². The SMILES string of the molecule is CCCCCC.Cc1cccc(O)c1. The van der Waals surface area contributed by atoms with E-state index in [9.17, 15) is 0 Å². The summed E-state index contributed by atoms with van der Waals surface area (Å²) >= 11 is 0. The van der Waals surface area contributed by atoms with Crippen molar-refractivity contribution < 1.29 is 5.11 Å². The third kappa shape index (κ3) is 7.66. The van der Waals surface area contributed by atoms with Crippen molar-refractivity contribution in [2.75, 3.05) is 0 Å². The van der Waals surface area contributed by atoms with Crippen LogP contribution in [0.25, 0.3) is 0 Å². The van der Waals surface area contributed by atoms with Crippen LogP contribution in [0, 0.1) is 6.92 Å². The molecule has 0 spiro atoms. The van der Waals surface area contributed by atoms with Gasteiger partial charge in [-0.2, -0.15) is 0 Å². The molecule has 0 aliphatic rings. The predicted octanol–water partition coefficient (Wildman–Crippen LogP) is 4.29. The highest BCUT2D eigenvalue weighted by atomic mass is 16.3. The molecule has 0 heterocycles. The maximum Gasteiger partial charge on any atom is 0.115 e. The number of unbranched alkanes of at least 4 members (excludes halogenated alkanes) is 3. The molecule has 1 nitrogen and oxygen atoms in total. The first kappa shape index (κ1) is 13.0. The van der Waals surface area contributed by atoms with Gasteiger partial charge in [-0.05, 0) is 24.6 Å². The van der Waals surface area contributed by atoms with Gasteiger partial charge in [0.2, 0.25) is 0 Å². The van der Waals surface area contributed by atoms with Gasteiger partial charge in [0.05, 0.1) is 0 Å². The molecule has 0 atom stereocenters. The van der Waals surface area contributed by atoms with Gasteiger partial charge in [0.15, 0.2) is 0 Å². The van der Waals surface area contributed by atoms with E-state index in [4.69, 9.17) is 5.11 Å². The lowest BCUT2D eigenvalue weighted by Crippen LogP contribution is -1.66. The van der Waals surface area contributed by atoms with Crippen molar-refractivity contribution in [2.24, 2.45) is 0 Å². The van der Waals surface area contributed by atoms with E-state index in [1.54, 1.807) is 12.1 Å². The summed E-state index contributed by atoms with van der Waals surface area (Å²) in [5.41, 5.74) is 1.09. The molecule has 0 aromatic heterocycles. The molecule has 80 valence electrons. The van der Waals surface area contributed by atoms with Crippen LogP contribution >= 0.6 is 0 Å². The van der Waals surface area contributed by atoms with E-state index in [1.807, 2.05) is 19.1 Å². The number of hydrogen-bond donors (Lipinski definition) is 1. The molecular weight excluding hydrogens is 172 g/mol. The molecule has 0 amide bonds. The molecule has 0 fully saturated rings. The summed E-state index contributed by atoms with van der Waals surface area (Å²) in [4.78, 5) is 0. The number of hydrogen-bond acceptors (Lipinski definition) is 1. The molecule has 0 radical (unpaired) electrons. The molecule has 0 saturated heterocycles. The monoisotopic (exact) mass is 194 g/mol. The Hall–Kier alpha value is -0.980. The van der Waals surface area contributed by atoms with E-state index in [-0.39, 0.29) is 0 Å². The molecule has 0 bridgehead atoms. The third-order valence-corrected chi connectivity index (χ3v) is 1.96. The highest BCUT2D eigenvalue weighted by molar-refractivity contribution is 5.25. The fourth-order valence-corrected chi connectivity index (χ4v) is 1.13. The second-order valence-electron chi connectivity index (χ2n) is 3.55. The van der Waals surface area contributed by atoms with Crippen LogP contribution in [0.1, 0.15) is 45.1 Å². The summed E-state index contributed by atoms with van der Waals surface area (Å²) in [7, 11) is 0. The molecule has 0 aliphatic carbocycles. The van der Waals surface area contributed by atoms with Gasteiger partial charge in [-0.3, -0.25) is 0 Å². The number of rotatable bonds is 3. The van der Waals surface area contributed by atoms with Gasteiger partial charge in [0.25, 0.3) is 0 Å². The summed E-state index contributed by atoms with van der Waals surface area (Å²) in [6, 6.07) is 7.15. The number of benzene rings is 1. The molecule has 0 aliphatic heterocycles. The summed E-state index contributed by atoms with van der Waals surface area (Å²) in [5, 5.41) is 8.81. The second kappa shape index (κ2) is 8.61. The zero-order valence-corrected chi connectivity index (χ0v) is 9.59. The van der Waals surface area contributed by atoms with Gasteiger partial charge in [0, 0.05) is 0 Å². The van der Waals surface area contributed by atoms with Crippen molar-refractivity contribution in [3.05, 3.63) is 29.8 Å². The first-order valence-corrected chi connectivity index (χ1v) is 5.46. The number of aryl methyl sites for hydroxylation is 1. The zero-order chi connectivity index (χ0) is 10.8. The standard InChI is InChI=1S/C7H8O.C6H14/c1-6-3-2-4-7(8)5-6;1-3-5-6-4-2/h2-5,8H,1H3;3-6H2,1-2H3. The molecule has 0 saturated carbocycles. The second-order valence-corrected chi connectivity index (χ2v) is 3.55. The van der Waals surface area contributed by atoms with E-state index < -0.39 is 0 Å². The minimum Gasteiger partial charge on any atom is -0.508 e. The molecule has 1 rings (SSSR count). The Morgan fingerprint density at radius 2 is 1.64 bits per heavy atom. The highest BCUT2D eigenvalue weighted by Crippen LogP contribution is 2.08. The third-order valence-electron chi connectivity index (χ3n) is 1.96. The van der Waals surface area contributed by atoms with E-state index in [0.29, 0.717) is 5.75 Å². The van der Waals surface area contributed by atoms with E-state index in [1.165, 1.54) is 25.7 Å². The fraction of sp³-hybridized carbons (Fsp3) is 0.538. The van der Waals surface area contributed by atoms with Crippen LogP contribution in [-0.4, -0.2) is 5.11 Å². The summed E-state index contributed by atoms with van der Waals surface area (Å²) in [6.07, 6.45) is 5.54. The maximum atomic E-state index is 8.81. The van der Waals surface area contributed by atoms with Crippen molar-refractivity contribution in [1.82, 2.24) is 0 Å². The lowest BCUT2D eigenvalue weighted by atomic mass is 10.2. The minimum absolute atomic E-state index is 0.338. The van der Waals surface area contributed by atoms with Gasteiger partial charge >= 0.3 is 0 Å². The van der Waals surface area contributed by atoms with Gasteiger partial charge < -0.3 is 5.11 Å². The molecular formula is C13H22O. The Labute approximate surface area is 87.8 Å². The summed E-state index contributed by atoms with van der Waals surface area (Å²) in [5.74, 6) is 0.338. The Kier molecular flexibility index (Phi) is 8.01. The predicted molar refractivity (Wildman–Crippen MR) is 62.7 cm³/mol. The topological polar surface area (TPSA) is 20.2 Å². The van der Waals surface area contributed by atoms with Gasteiger partial charge in [-0.25, -0.2) is 0 Å². The zero-order valence-electron chi connectivity index (χ0n) is 9.59. The molecule has 0 unspecified atom stereocenters. The average Bonchev–Trinajstić information content (AvgIpc) is 2.15. The quantitative estimate of drug-likeness (QED) is 0.712. The number of phenols is 1. The molecule has 1 heteroatoms. The Bertz CT molecular complexity index is 209. The van der Waals surface area contributed by atoms with Gasteiger partial charge in [-0.1, -0.05) is 51.7 Å². The highest BCUT2D eigenvalue weighted by Gasteiger charge is 1.83. The molecule has 14 heavy (non-hydrogen) atoms. The molecule has 1 aromatic rings. The largest absolute Gasteiger partial charge is 0.508 e. The summed E-state index contributed by atoms with van der Waals surface area (Å²) in [6.45, 7) is 6.41. The number of phenolic OH excluding ortho intramolecular Hbond substituents is 1. The Morgan fingerprint density at radius 1 is 1.07 bits per heavy atom. The van der Waals surface area contributed by atoms with Crippen LogP contribution in [0.5, 0.6) is 5.75 Å². The van der Waals surface area contributed by atoms with Crippen molar-refractivity contribution in [1.29, 1.82) is 0 Å². The van der Waals surface area contributed by atoms with Crippen LogP contribution in [0.3, 0.4) is 0 Å². The minimum atomic E-state index is 0.338. The number of aromatic hydroxyl groups is 1. The Balaban J connectivity index is 0.000000255. The molecule has 1 aromatic carbocycles. The summed E-state index contributed by atoms with van der Waals surface area (Å²) < 4.78 is 0. The van der Waals surface area contributed by atoms with E-state index >= 15 is 0 Å². The average molecular weight is 194 g/mol. The first-order chi connectivity index (χ1) is 6.70. The van der Waals surface area contributed by atoms with Crippen molar-refractivity contribution in [3.8, 4) is 5.75 Å². The lowest BCUT2D eigenvalue weighted by Gasteiger charge is -1.89. The van der Waals surface area contributed by atoms with Crippen LogP contribution in [0.15, 0.2) is 24.3 Å². The van der Waals surface area contributed by atoms with Crippen LogP contribution < -0.4 is 0 Å². The maximum absolute atomic E-state index is 8.81. The van der Waals surface area contributed by atoms with Crippen molar-refractivity contribution >= 4 is 0 Å². The van der Waals surface area contributed by atoms with Crippen LogP contribution in [0.2, 0.25) is 0 Å². The molecule has 1 N–H and O–H groups in total. The smallest absolute Gasteiger partial charge is 0.115 e. The van der Waals surface area contributed by atoms with Crippen LogP contribution in [-0.2, 0) is 0 Å².